The van der Waals surface area contributed by atoms with E-state index in [1.807, 2.05) is 42.5 Å². The van der Waals surface area contributed by atoms with Crippen LogP contribution in [0, 0.1) is 0 Å². The number of Topliss-reactive ketones (excluding diaryl/α,β-unsaturated/α-hetero) is 1. The maximum absolute atomic E-state index is 12.4. The quantitative estimate of drug-likeness (QED) is 0.305. The number of rotatable bonds is 12. The molecule has 0 aromatic heterocycles. The van der Waals surface area contributed by atoms with E-state index in [0.717, 1.165) is 29.7 Å². The lowest BCUT2D eigenvalue weighted by atomic mass is 10.0. The molecule has 0 amide bonds. The molecule has 5 heteroatoms. The van der Waals surface area contributed by atoms with E-state index in [9.17, 15) is 9.59 Å². The molecule has 3 aromatic rings. The highest BCUT2D eigenvalue weighted by molar-refractivity contribution is 5.96. The molecule has 0 saturated carbocycles. The van der Waals surface area contributed by atoms with Crippen molar-refractivity contribution in [2.45, 2.75) is 31.8 Å². The highest BCUT2D eigenvalue weighted by Gasteiger charge is 2.17. The average molecular weight is 433 g/mol. The number of benzene rings is 3. The minimum Gasteiger partial charge on any atom is -0.494 e. The number of carboxylic acids is 1. The summed E-state index contributed by atoms with van der Waals surface area (Å²) in [5.41, 5.74) is 3.78. The largest absolute Gasteiger partial charge is 0.494 e. The van der Waals surface area contributed by atoms with Crippen molar-refractivity contribution in [3.8, 4) is 16.9 Å². The van der Waals surface area contributed by atoms with Gasteiger partial charge in [-0.25, -0.2) is 4.79 Å². The number of ketones is 1. The van der Waals surface area contributed by atoms with Crippen LogP contribution in [-0.4, -0.2) is 36.7 Å². The number of aliphatic carboxylic acids is 1. The molecule has 0 saturated heterocycles. The summed E-state index contributed by atoms with van der Waals surface area (Å²) in [6.45, 7) is 0.560. The second-order valence-electron chi connectivity index (χ2n) is 7.58. The molecule has 3 aromatic carbocycles. The first-order valence-corrected chi connectivity index (χ1v) is 10.7. The minimum absolute atomic E-state index is 0.0743. The maximum atomic E-state index is 12.4. The fourth-order valence-corrected chi connectivity index (χ4v) is 3.41. The SMILES string of the molecule is COC(Cc1ccc(C(=O)CCCCOc2ccc(-c3ccccc3)cc2)cc1)C(=O)O. The van der Waals surface area contributed by atoms with Crippen molar-refractivity contribution in [1.82, 2.24) is 0 Å². The van der Waals surface area contributed by atoms with Crippen molar-refractivity contribution < 1.29 is 24.2 Å². The Morgan fingerprint density at radius 1 is 0.844 bits per heavy atom. The first kappa shape index (κ1) is 23.2. The lowest BCUT2D eigenvalue weighted by Gasteiger charge is -2.10. The molecule has 0 aliphatic rings. The van der Waals surface area contributed by atoms with Gasteiger partial charge >= 0.3 is 5.97 Å². The van der Waals surface area contributed by atoms with Gasteiger partial charge in [-0.3, -0.25) is 4.79 Å². The molecule has 0 fully saturated rings. The number of carbonyl (C=O) groups excluding carboxylic acids is 1. The molecule has 0 aliphatic carbocycles. The monoisotopic (exact) mass is 432 g/mol. The van der Waals surface area contributed by atoms with Crippen LogP contribution in [0.3, 0.4) is 0 Å². The van der Waals surface area contributed by atoms with Gasteiger partial charge in [-0.15, -0.1) is 0 Å². The van der Waals surface area contributed by atoms with Gasteiger partial charge in [0.2, 0.25) is 0 Å². The van der Waals surface area contributed by atoms with Crippen molar-refractivity contribution in [3.05, 3.63) is 90.0 Å². The number of unbranched alkanes of at least 4 members (excludes halogenated alkanes) is 1. The van der Waals surface area contributed by atoms with Gasteiger partial charge in [0, 0.05) is 25.5 Å². The molecule has 166 valence electrons. The number of carbonyl (C=O) groups is 2. The minimum atomic E-state index is -0.998. The Morgan fingerprint density at radius 3 is 2.12 bits per heavy atom. The highest BCUT2D eigenvalue weighted by atomic mass is 16.5. The summed E-state index contributed by atoms with van der Waals surface area (Å²) in [6.07, 6.45) is 1.37. The Balaban J connectivity index is 1.38. The van der Waals surface area contributed by atoms with Crippen LogP contribution in [-0.2, 0) is 16.0 Å². The third-order valence-electron chi connectivity index (χ3n) is 5.29. The first-order chi connectivity index (χ1) is 15.6. The molecule has 5 nitrogen and oxygen atoms in total. The normalized spacial score (nSPS) is 11.7. The van der Waals surface area contributed by atoms with E-state index < -0.39 is 12.1 Å². The second-order valence-corrected chi connectivity index (χ2v) is 7.58. The average Bonchev–Trinajstić information content (AvgIpc) is 2.83. The Labute approximate surface area is 188 Å². The van der Waals surface area contributed by atoms with E-state index in [2.05, 4.69) is 12.1 Å². The lowest BCUT2D eigenvalue weighted by Crippen LogP contribution is -2.24. The van der Waals surface area contributed by atoms with Crippen molar-refractivity contribution in [1.29, 1.82) is 0 Å². The topological polar surface area (TPSA) is 72.8 Å². The number of carboxylic acid groups (broad SMARTS) is 1. The third kappa shape index (κ3) is 6.79. The number of hydrogen-bond acceptors (Lipinski definition) is 4. The summed E-state index contributed by atoms with van der Waals surface area (Å²) in [5.74, 6) is -0.102. The van der Waals surface area contributed by atoms with Gasteiger partial charge in [0.05, 0.1) is 6.61 Å². The van der Waals surface area contributed by atoms with Gasteiger partial charge < -0.3 is 14.6 Å². The fraction of sp³-hybridized carbons (Fsp3) is 0.259. The molecule has 0 aliphatic heterocycles. The number of hydrogen-bond donors (Lipinski definition) is 1. The number of methoxy groups -OCH3 is 1. The molecule has 1 N–H and O–H groups in total. The van der Waals surface area contributed by atoms with E-state index in [1.165, 1.54) is 12.7 Å². The number of ether oxygens (including phenoxy) is 2. The lowest BCUT2D eigenvalue weighted by molar-refractivity contribution is -0.148. The summed E-state index contributed by atoms with van der Waals surface area (Å²) < 4.78 is 10.7. The molecule has 0 heterocycles. The summed E-state index contributed by atoms with van der Waals surface area (Å²) >= 11 is 0. The molecule has 32 heavy (non-hydrogen) atoms. The van der Waals surface area contributed by atoms with E-state index in [1.54, 1.807) is 24.3 Å². The molecule has 0 bridgehead atoms. The van der Waals surface area contributed by atoms with Gasteiger partial charge in [0.1, 0.15) is 5.75 Å². The van der Waals surface area contributed by atoms with Crippen LogP contribution in [0.2, 0.25) is 0 Å². The zero-order valence-electron chi connectivity index (χ0n) is 18.2. The maximum Gasteiger partial charge on any atom is 0.333 e. The van der Waals surface area contributed by atoms with Crippen LogP contribution in [0.1, 0.15) is 35.2 Å². The second kappa shape index (κ2) is 11.8. The zero-order valence-corrected chi connectivity index (χ0v) is 18.2. The molecular formula is C27H28O5. The first-order valence-electron chi connectivity index (χ1n) is 10.7. The van der Waals surface area contributed by atoms with Crippen molar-refractivity contribution in [3.63, 3.8) is 0 Å². The van der Waals surface area contributed by atoms with Crippen LogP contribution in [0.15, 0.2) is 78.9 Å². The van der Waals surface area contributed by atoms with Crippen LogP contribution < -0.4 is 4.74 Å². The standard InChI is InChI=1S/C27H28O5/c1-31-26(27(29)30)19-20-10-12-23(13-11-20)25(28)9-5-6-18-32-24-16-14-22(15-17-24)21-7-3-2-4-8-21/h2-4,7-8,10-17,26H,5-6,9,18-19H2,1H3,(H,29,30). The van der Waals surface area contributed by atoms with Crippen molar-refractivity contribution in [2.24, 2.45) is 0 Å². The Bertz CT molecular complexity index is 994. The van der Waals surface area contributed by atoms with Crippen LogP contribution >= 0.6 is 0 Å². The summed E-state index contributed by atoms with van der Waals surface area (Å²) in [4.78, 5) is 23.4. The van der Waals surface area contributed by atoms with Gasteiger partial charge in [-0.05, 0) is 41.7 Å². The Kier molecular flexibility index (Phi) is 8.58. The molecule has 0 radical (unpaired) electrons. The van der Waals surface area contributed by atoms with E-state index >= 15 is 0 Å². The molecule has 1 atom stereocenters. The van der Waals surface area contributed by atoms with Crippen molar-refractivity contribution >= 4 is 11.8 Å². The molecule has 0 spiro atoms. The fourth-order valence-electron chi connectivity index (χ4n) is 3.41. The van der Waals surface area contributed by atoms with Gasteiger partial charge in [0.15, 0.2) is 11.9 Å². The Hall–Kier alpha value is -3.44. The van der Waals surface area contributed by atoms with E-state index in [4.69, 9.17) is 14.6 Å². The van der Waals surface area contributed by atoms with Crippen LogP contribution in [0.5, 0.6) is 5.75 Å². The molecular weight excluding hydrogens is 404 g/mol. The van der Waals surface area contributed by atoms with E-state index in [-0.39, 0.29) is 12.2 Å². The van der Waals surface area contributed by atoms with E-state index in [0.29, 0.717) is 18.6 Å². The summed E-state index contributed by atoms with van der Waals surface area (Å²) in [5, 5.41) is 9.06. The molecule has 3 rings (SSSR count). The van der Waals surface area contributed by atoms with Gasteiger partial charge in [0.25, 0.3) is 0 Å². The zero-order chi connectivity index (χ0) is 22.8. The highest BCUT2D eigenvalue weighted by Crippen LogP contribution is 2.22. The van der Waals surface area contributed by atoms with Crippen molar-refractivity contribution in [2.75, 3.05) is 13.7 Å². The Morgan fingerprint density at radius 2 is 1.50 bits per heavy atom. The summed E-state index contributed by atoms with van der Waals surface area (Å²) in [7, 11) is 1.38. The summed E-state index contributed by atoms with van der Waals surface area (Å²) in [6, 6.07) is 25.3. The predicted molar refractivity (Wildman–Crippen MR) is 124 cm³/mol. The van der Waals surface area contributed by atoms with Gasteiger partial charge in [-0.2, -0.15) is 0 Å². The predicted octanol–water partition coefficient (Wildman–Crippen LogP) is 5.43. The van der Waals surface area contributed by atoms with Crippen LogP contribution in [0.4, 0.5) is 0 Å². The van der Waals surface area contributed by atoms with Crippen LogP contribution in [0.25, 0.3) is 11.1 Å². The third-order valence-corrected chi connectivity index (χ3v) is 5.29. The molecule has 1 unspecified atom stereocenters. The smallest absolute Gasteiger partial charge is 0.333 e. The van der Waals surface area contributed by atoms with Gasteiger partial charge in [-0.1, -0.05) is 66.7 Å².